The molecule has 1 fully saturated rings. The Morgan fingerprint density at radius 3 is 2.50 bits per heavy atom. The minimum atomic E-state index is -3.57. The minimum Gasteiger partial charge on any atom is -0.345 e. The first-order valence-electron chi connectivity index (χ1n) is 10.4. The molecule has 5 rings (SSSR count). The topological polar surface area (TPSA) is 84.3 Å². The van der Waals surface area contributed by atoms with Crippen LogP contribution < -0.4 is 5.32 Å². The number of fused-ring (bicyclic) bond motifs is 1. The summed E-state index contributed by atoms with van der Waals surface area (Å²) in [4.78, 5) is 17.6. The summed E-state index contributed by atoms with van der Waals surface area (Å²) in [7, 11) is -1.89. The number of hydrogen-bond donors (Lipinski definition) is 1. The third-order valence-electron chi connectivity index (χ3n) is 5.60. The zero-order valence-electron chi connectivity index (χ0n) is 17.5. The highest BCUT2D eigenvalue weighted by atomic mass is 32.2. The molecule has 0 unspecified atom stereocenters. The summed E-state index contributed by atoms with van der Waals surface area (Å²) in [5.74, 6) is -0.358. The number of amides is 1. The minimum absolute atomic E-state index is 0.151. The molecule has 1 saturated heterocycles. The van der Waals surface area contributed by atoms with Crippen molar-refractivity contribution >= 4 is 43.2 Å². The Hall–Kier alpha value is -3.01. The Balaban J connectivity index is 1.33. The summed E-state index contributed by atoms with van der Waals surface area (Å²) in [6.45, 7) is 1.06. The van der Waals surface area contributed by atoms with Gasteiger partial charge in [-0.3, -0.25) is 4.79 Å². The average molecular weight is 467 g/mol. The van der Waals surface area contributed by atoms with Crippen LogP contribution in [0.5, 0.6) is 0 Å². The van der Waals surface area contributed by atoms with Crippen LogP contribution in [0.15, 0.2) is 65.7 Å². The molecule has 0 radical (unpaired) electrons. The van der Waals surface area contributed by atoms with Gasteiger partial charge in [0.15, 0.2) is 0 Å². The second-order valence-corrected chi connectivity index (χ2v) is 10.8. The van der Waals surface area contributed by atoms with E-state index in [1.807, 2.05) is 48.5 Å². The summed E-state index contributed by atoms with van der Waals surface area (Å²) >= 11 is 1.62. The van der Waals surface area contributed by atoms with Crippen LogP contribution >= 0.6 is 11.3 Å². The lowest BCUT2D eigenvalue weighted by atomic mass is 10.2. The molecule has 1 aliphatic heterocycles. The zero-order chi connectivity index (χ0) is 22.3. The van der Waals surface area contributed by atoms with Gasteiger partial charge in [0.25, 0.3) is 5.91 Å². The molecule has 7 nitrogen and oxygen atoms in total. The molecule has 0 atom stereocenters. The van der Waals surface area contributed by atoms with Gasteiger partial charge in [-0.15, -0.1) is 11.3 Å². The van der Waals surface area contributed by atoms with Crippen LogP contribution in [0, 0.1) is 0 Å². The lowest BCUT2D eigenvalue weighted by Crippen LogP contribution is -2.27. The van der Waals surface area contributed by atoms with Gasteiger partial charge >= 0.3 is 0 Å². The second kappa shape index (κ2) is 8.16. The van der Waals surface area contributed by atoms with Gasteiger partial charge in [0, 0.05) is 37.6 Å². The normalized spacial score (nSPS) is 14.8. The van der Waals surface area contributed by atoms with Gasteiger partial charge in [0.05, 0.1) is 10.2 Å². The highest BCUT2D eigenvalue weighted by Crippen LogP contribution is 2.30. The average Bonchev–Trinajstić information content (AvgIpc) is 3.53. The number of aryl methyl sites for hydroxylation is 1. The fourth-order valence-corrected chi connectivity index (χ4v) is 6.43. The van der Waals surface area contributed by atoms with Crippen molar-refractivity contribution in [3.05, 3.63) is 66.5 Å². The van der Waals surface area contributed by atoms with Gasteiger partial charge < -0.3 is 9.88 Å². The van der Waals surface area contributed by atoms with Crippen molar-refractivity contribution < 1.29 is 13.2 Å². The molecule has 0 aliphatic carbocycles. The number of carbonyl (C=O) groups is 1. The van der Waals surface area contributed by atoms with Crippen LogP contribution in [0.1, 0.15) is 23.3 Å². The molecule has 9 heteroatoms. The fraction of sp³-hybridized carbons (Fsp3) is 0.217. The summed E-state index contributed by atoms with van der Waals surface area (Å²) in [5, 5.41) is 3.77. The Kier molecular flexibility index (Phi) is 5.32. The molecule has 0 spiro atoms. The predicted molar refractivity (Wildman–Crippen MR) is 126 cm³/mol. The third kappa shape index (κ3) is 3.83. The number of anilines is 1. The van der Waals surface area contributed by atoms with Crippen LogP contribution in [0.2, 0.25) is 0 Å². The Morgan fingerprint density at radius 1 is 1.06 bits per heavy atom. The SMILES string of the molecule is Cn1cc(S(=O)(=O)N2CCCC2)cc1C(=O)Nc1ccc(-c2nc3ccccc3s2)cc1. The predicted octanol–water partition coefficient (Wildman–Crippen LogP) is 4.34. The number of hydrogen-bond acceptors (Lipinski definition) is 5. The molecular formula is C23H22N4O3S2. The summed E-state index contributed by atoms with van der Waals surface area (Å²) in [5.41, 5.74) is 2.86. The van der Waals surface area contributed by atoms with E-state index in [4.69, 9.17) is 0 Å². The van der Waals surface area contributed by atoms with Crippen molar-refractivity contribution in [1.29, 1.82) is 0 Å². The molecule has 4 aromatic rings. The molecule has 2 aromatic carbocycles. The van der Waals surface area contributed by atoms with Crippen LogP contribution in [-0.2, 0) is 17.1 Å². The fourth-order valence-electron chi connectivity index (χ4n) is 3.87. The Bertz CT molecular complexity index is 1370. The number of thiazole rings is 1. The van der Waals surface area contributed by atoms with Crippen LogP contribution in [-0.4, -0.2) is 41.3 Å². The number of sulfonamides is 1. The summed E-state index contributed by atoms with van der Waals surface area (Å²) < 4.78 is 29.7. The summed E-state index contributed by atoms with van der Waals surface area (Å²) in [6, 6.07) is 16.9. The molecule has 1 N–H and O–H groups in total. The molecule has 32 heavy (non-hydrogen) atoms. The first-order valence-corrected chi connectivity index (χ1v) is 12.6. The molecule has 0 bridgehead atoms. The van der Waals surface area contributed by atoms with E-state index in [9.17, 15) is 13.2 Å². The molecule has 3 heterocycles. The molecule has 164 valence electrons. The lowest BCUT2D eigenvalue weighted by molar-refractivity contribution is 0.101. The standard InChI is InChI=1S/C23H22N4O3S2/c1-26-15-18(32(29,30)27-12-4-5-13-27)14-20(26)22(28)24-17-10-8-16(9-11-17)23-25-19-6-2-3-7-21(19)31-23/h2-3,6-11,14-15H,4-5,12-13H2,1H3,(H,24,28). The number of aromatic nitrogens is 2. The van der Waals surface area contributed by atoms with E-state index >= 15 is 0 Å². The maximum atomic E-state index is 12.8. The molecular weight excluding hydrogens is 444 g/mol. The number of para-hydroxylation sites is 1. The van der Waals surface area contributed by atoms with E-state index in [-0.39, 0.29) is 16.5 Å². The maximum absolute atomic E-state index is 12.8. The largest absolute Gasteiger partial charge is 0.345 e. The van der Waals surface area contributed by atoms with Crippen molar-refractivity contribution in [2.24, 2.45) is 7.05 Å². The number of nitrogens with one attached hydrogen (secondary N) is 1. The Morgan fingerprint density at radius 2 is 1.78 bits per heavy atom. The van der Waals surface area contributed by atoms with E-state index in [1.54, 1.807) is 23.0 Å². The highest BCUT2D eigenvalue weighted by molar-refractivity contribution is 7.89. The lowest BCUT2D eigenvalue weighted by Gasteiger charge is -2.13. The van der Waals surface area contributed by atoms with Gasteiger partial charge in [-0.1, -0.05) is 12.1 Å². The quantitative estimate of drug-likeness (QED) is 0.474. The van der Waals surface area contributed by atoms with Gasteiger partial charge in [0.1, 0.15) is 15.6 Å². The van der Waals surface area contributed by atoms with E-state index < -0.39 is 10.0 Å². The van der Waals surface area contributed by atoms with Crippen LogP contribution in [0.3, 0.4) is 0 Å². The van der Waals surface area contributed by atoms with E-state index in [2.05, 4.69) is 10.3 Å². The second-order valence-electron chi connectivity index (χ2n) is 7.80. The van der Waals surface area contributed by atoms with Gasteiger partial charge in [-0.2, -0.15) is 4.31 Å². The zero-order valence-corrected chi connectivity index (χ0v) is 19.1. The molecule has 2 aromatic heterocycles. The smallest absolute Gasteiger partial charge is 0.272 e. The van der Waals surface area contributed by atoms with E-state index in [1.165, 1.54) is 16.6 Å². The van der Waals surface area contributed by atoms with Crippen LogP contribution in [0.4, 0.5) is 5.69 Å². The van der Waals surface area contributed by atoms with Crippen molar-refractivity contribution in [1.82, 2.24) is 13.9 Å². The van der Waals surface area contributed by atoms with Gasteiger partial charge in [-0.05, 0) is 55.3 Å². The van der Waals surface area contributed by atoms with Crippen molar-refractivity contribution in [2.75, 3.05) is 18.4 Å². The first kappa shape index (κ1) is 20.9. The molecule has 1 aliphatic rings. The van der Waals surface area contributed by atoms with Crippen molar-refractivity contribution in [3.8, 4) is 10.6 Å². The third-order valence-corrected chi connectivity index (χ3v) is 8.55. The van der Waals surface area contributed by atoms with Crippen LogP contribution in [0.25, 0.3) is 20.8 Å². The van der Waals surface area contributed by atoms with Crippen molar-refractivity contribution in [2.45, 2.75) is 17.7 Å². The number of nitrogens with zero attached hydrogens (tertiary/aromatic N) is 3. The number of carbonyl (C=O) groups excluding carboxylic acids is 1. The maximum Gasteiger partial charge on any atom is 0.272 e. The van der Waals surface area contributed by atoms with Gasteiger partial charge in [0.2, 0.25) is 10.0 Å². The molecule has 0 saturated carbocycles. The van der Waals surface area contributed by atoms with E-state index in [0.29, 0.717) is 18.8 Å². The summed E-state index contributed by atoms with van der Waals surface area (Å²) in [6.07, 6.45) is 3.23. The monoisotopic (exact) mass is 466 g/mol. The number of benzene rings is 2. The van der Waals surface area contributed by atoms with Crippen molar-refractivity contribution in [3.63, 3.8) is 0 Å². The van der Waals surface area contributed by atoms with Gasteiger partial charge in [-0.25, -0.2) is 13.4 Å². The van der Waals surface area contributed by atoms with E-state index in [0.717, 1.165) is 33.6 Å². The Labute approximate surface area is 190 Å². The first-order chi connectivity index (χ1) is 15.4. The number of rotatable bonds is 5. The molecule has 1 amide bonds. The highest BCUT2D eigenvalue weighted by Gasteiger charge is 2.29.